The van der Waals surface area contributed by atoms with Gasteiger partial charge in [0.05, 0.1) is 11.3 Å². The van der Waals surface area contributed by atoms with E-state index >= 15 is 0 Å². The summed E-state index contributed by atoms with van der Waals surface area (Å²) in [5.74, 6) is -1.10. The van der Waals surface area contributed by atoms with Crippen LogP contribution in [0.5, 0.6) is 0 Å². The quantitative estimate of drug-likeness (QED) is 0.831. The van der Waals surface area contributed by atoms with Crippen molar-refractivity contribution in [2.75, 3.05) is 6.26 Å². The zero-order valence-electron chi connectivity index (χ0n) is 8.34. The van der Waals surface area contributed by atoms with Gasteiger partial charge in [0.2, 0.25) is 0 Å². The highest BCUT2D eigenvalue weighted by molar-refractivity contribution is 7.90. The Hall–Kier alpha value is -1.43. The van der Waals surface area contributed by atoms with Crippen molar-refractivity contribution in [2.45, 2.75) is 12.2 Å². The highest BCUT2D eigenvalue weighted by Crippen LogP contribution is 2.19. The van der Waals surface area contributed by atoms with Crippen LogP contribution < -0.4 is 0 Å². The molecule has 5 nitrogen and oxygen atoms in total. The highest BCUT2D eigenvalue weighted by atomic mass is 32.2. The molecule has 1 unspecified atom stereocenters. The molecule has 0 saturated heterocycles. The number of sulfone groups is 1. The number of rotatable bonds is 3. The summed E-state index contributed by atoms with van der Waals surface area (Å²) in [4.78, 5) is 14.5. The lowest BCUT2D eigenvalue weighted by Crippen LogP contribution is -2.10. The Labute approximate surface area is 87.7 Å². The summed E-state index contributed by atoms with van der Waals surface area (Å²) in [7, 11) is -3.25. The maximum atomic E-state index is 11.2. The Kier molecular flexibility index (Phi) is 3.09. The molecule has 1 N–H and O–H groups in total. The summed E-state index contributed by atoms with van der Waals surface area (Å²) in [5, 5.41) is 7.92. The van der Waals surface area contributed by atoms with Crippen LogP contribution >= 0.6 is 0 Å². The van der Waals surface area contributed by atoms with E-state index in [9.17, 15) is 13.2 Å². The molecule has 6 heteroatoms. The zero-order chi connectivity index (χ0) is 11.6. The molecule has 0 saturated carbocycles. The third-order valence-corrected chi connectivity index (χ3v) is 3.61. The molecule has 0 aliphatic heterocycles. The fraction of sp³-hybridized carbons (Fsp3) is 0.333. The molecule has 1 heterocycles. The molecule has 1 aromatic heterocycles. The van der Waals surface area contributed by atoms with Crippen LogP contribution in [0.1, 0.15) is 28.2 Å². The van der Waals surface area contributed by atoms with E-state index in [-0.39, 0.29) is 11.3 Å². The van der Waals surface area contributed by atoms with Crippen molar-refractivity contribution in [1.82, 2.24) is 4.98 Å². The van der Waals surface area contributed by atoms with Gasteiger partial charge >= 0.3 is 5.97 Å². The molecule has 0 bridgehead atoms. The maximum Gasteiger partial charge on any atom is 0.335 e. The van der Waals surface area contributed by atoms with Gasteiger partial charge < -0.3 is 5.11 Å². The normalized spacial score (nSPS) is 13.5. The first-order valence-electron chi connectivity index (χ1n) is 4.20. The van der Waals surface area contributed by atoms with Crippen molar-refractivity contribution < 1.29 is 18.3 Å². The summed E-state index contributed by atoms with van der Waals surface area (Å²) in [6.45, 7) is 1.48. The van der Waals surface area contributed by atoms with Gasteiger partial charge in [-0.25, -0.2) is 13.2 Å². The summed E-state index contributed by atoms with van der Waals surface area (Å²) in [5.41, 5.74) is 0.285. The highest BCUT2D eigenvalue weighted by Gasteiger charge is 2.19. The Morgan fingerprint density at radius 1 is 1.53 bits per heavy atom. The molecule has 0 radical (unpaired) electrons. The van der Waals surface area contributed by atoms with Crippen molar-refractivity contribution in [2.24, 2.45) is 0 Å². The molecule has 0 aromatic carbocycles. The Morgan fingerprint density at radius 3 is 2.60 bits per heavy atom. The molecule has 0 fully saturated rings. The van der Waals surface area contributed by atoms with Gasteiger partial charge in [-0.05, 0) is 19.1 Å². The van der Waals surface area contributed by atoms with Crippen LogP contribution in [0.2, 0.25) is 0 Å². The number of hydrogen-bond donors (Lipinski definition) is 1. The molecule has 1 atom stereocenters. The van der Waals surface area contributed by atoms with E-state index < -0.39 is 21.1 Å². The smallest absolute Gasteiger partial charge is 0.335 e. The average molecular weight is 229 g/mol. The second-order valence-corrected chi connectivity index (χ2v) is 5.61. The van der Waals surface area contributed by atoms with E-state index in [1.807, 2.05) is 0 Å². The van der Waals surface area contributed by atoms with E-state index in [1.165, 1.54) is 25.3 Å². The van der Waals surface area contributed by atoms with Crippen molar-refractivity contribution in [3.63, 3.8) is 0 Å². The van der Waals surface area contributed by atoms with E-state index in [2.05, 4.69) is 4.98 Å². The number of aromatic nitrogens is 1. The summed E-state index contributed by atoms with van der Waals surface area (Å²) in [6.07, 6.45) is 2.38. The van der Waals surface area contributed by atoms with Crippen molar-refractivity contribution in [1.29, 1.82) is 0 Å². The van der Waals surface area contributed by atoms with Gasteiger partial charge in [-0.3, -0.25) is 4.98 Å². The molecule has 0 aliphatic carbocycles. The van der Waals surface area contributed by atoms with Gasteiger partial charge in [0.1, 0.15) is 5.25 Å². The lowest BCUT2D eigenvalue weighted by Gasteiger charge is -2.08. The van der Waals surface area contributed by atoms with Crippen molar-refractivity contribution in [3.8, 4) is 0 Å². The van der Waals surface area contributed by atoms with Crippen molar-refractivity contribution in [3.05, 3.63) is 29.6 Å². The summed E-state index contributed by atoms with van der Waals surface area (Å²) < 4.78 is 22.5. The Bertz CT molecular complexity index is 481. The number of nitrogens with zero attached hydrogens (tertiary/aromatic N) is 1. The lowest BCUT2D eigenvalue weighted by atomic mass is 10.2. The minimum atomic E-state index is -3.25. The van der Waals surface area contributed by atoms with Gasteiger partial charge in [0, 0.05) is 12.5 Å². The summed E-state index contributed by atoms with van der Waals surface area (Å²) >= 11 is 0. The van der Waals surface area contributed by atoms with Crippen LogP contribution in [0.3, 0.4) is 0 Å². The number of hydrogen-bond acceptors (Lipinski definition) is 4. The number of pyridine rings is 1. The molecular weight excluding hydrogens is 218 g/mol. The van der Waals surface area contributed by atoms with Gasteiger partial charge in [0.25, 0.3) is 0 Å². The minimum Gasteiger partial charge on any atom is -0.478 e. The van der Waals surface area contributed by atoms with Crippen molar-refractivity contribution >= 4 is 15.8 Å². The molecule has 82 valence electrons. The van der Waals surface area contributed by atoms with Gasteiger partial charge in [-0.1, -0.05) is 0 Å². The third-order valence-electron chi connectivity index (χ3n) is 2.09. The van der Waals surface area contributed by atoms with Gasteiger partial charge in [-0.2, -0.15) is 0 Å². The Morgan fingerprint density at radius 2 is 2.13 bits per heavy atom. The Balaban J connectivity index is 3.17. The topological polar surface area (TPSA) is 84.3 Å². The number of carbonyl (C=O) groups is 1. The molecule has 15 heavy (non-hydrogen) atoms. The van der Waals surface area contributed by atoms with Crippen LogP contribution in [0, 0.1) is 0 Å². The van der Waals surface area contributed by atoms with E-state index in [0.717, 1.165) is 6.26 Å². The molecule has 1 aromatic rings. The van der Waals surface area contributed by atoms with Crippen LogP contribution in [0.4, 0.5) is 0 Å². The molecular formula is C9H11NO4S. The fourth-order valence-electron chi connectivity index (χ4n) is 1.02. The standard InChI is InChI=1S/C9H11NO4S/c1-6(15(2,13)14)8-5-7(9(11)12)3-4-10-8/h3-6H,1-2H3,(H,11,12). The summed E-state index contributed by atoms with van der Waals surface area (Å²) in [6, 6.07) is 2.59. The maximum absolute atomic E-state index is 11.2. The predicted octanol–water partition coefficient (Wildman–Crippen LogP) is 0.885. The minimum absolute atomic E-state index is 0.0375. The van der Waals surface area contributed by atoms with Crippen LogP contribution in [0.15, 0.2) is 18.3 Å². The zero-order valence-corrected chi connectivity index (χ0v) is 9.15. The van der Waals surface area contributed by atoms with Crippen LogP contribution in [-0.4, -0.2) is 30.7 Å². The number of aromatic carboxylic acids is 1. The van der Waals surface area contributed by atoms with E-state index in [0.29, 0.717) is 0 Å². The monoisotopic (exact) mass is 229 g/mol. The number of carboxylic acids is 1. The molecule has 0 aliphatic rings. The average Bonchev–Trinajstić information content (AvgIpc) is 2.15. The van der Waals surface area contributed by atoms with Gasteiger partial charge in [-0.15, -0.1) is 0 Å². The SMILES string of the molecule is CC(c1cc(C(=O)O)ccn1)S(C)(=O)=O. The molecule has 0 amide bonds. The molecule has 1 rings (SSSR count). The fourth-order valence-corrected chi connectivity index (χ4v) is 1.59. The number of carboxylic acid groups (broad SMARTS) is 1. The van der Waals surface area contributed by atoms with E-state index in [4.69, 9.17) is 5.11 Å². The first-order valence-corrected chi connectivity index (χ1v) is 6.16. The largest absolute Gasteiger partial charge is 0.478 e. The predicted molar refractivity (Wildman–Crippen MR) is 54.5 cm³/mol. The molecule has 0 spiro atoms. The first kappa shape index (κ1) is 11.6. The lowest BCUT2D eigenvalue weighted by molar-refractivity contribution is 0.0696. The first-order chi connectivity index (χ1) is 6.82. The van der Waals surface area contributed by atoms with Crippen LogP contribution in [0.25, 0.3) is 0 Å². The van der Waals surface area contributed by atoms with Crippen LogP contribution in [-0.2, 0) is 9.84 Å². The second kappa shape index (κ2) is 3.98. The third kappa shape index (κ3) is 2.76. The van der Waals surface area contributed by atoms with Gasteiger partial charge in [0.15, 0.2) is 9.84 Å². The second-order valence-electron chi connectivity index (χ2n) is 3.25. The van der Waals surface area contributed by atoms with E-state index in [1.54, 1.807) is 0 Å².